The van der Waals surface area contributed by atoms with Crippen molar-refractivity contribution in [3.8, 4) is 0 Å². The van der Waals surface area contributed by atoms with E-state index in [0.717, 1.165) is 29.1 Å². The van der Waals surface area contributed by atoms with E-state index in [9.17, 15) is 9.59 Å². The first-order valence-corrected chi connectivity index (χ1v) is 11.3. The summed E-state index contributed by atoms with van der Waals surface area (Å²) >= 11 is 1.30. The lowest BCUT2D eigenvalue weighted by molar-refractivity contribution is -0.119. The van der Waals surface area contributed by atoms with Gasteiger partial charge in [-0.05, 0) is 50.3 Å². The third kappa shape index (κ3) is 3.61. The van der Waals surface area contributed by atoms with Gasteiger partial charge < -0.3 is 4.74 Å². The summed E-state index contributed by atoms with van der Waals surface area (Å²) in [6, 6.07) is 0. The SMILES string of the molecule is CCOCC(=O)C1=CC2C3=C(CSCC3)C(=O)I=C(C)C2C=C1. The number of hydrogen-bond donors (Lipinski definition) is 0. The van der Waals surface area contributed by atoms with Gasteiger partial charge in [-0.3, -0.25) is 9.59 Å². The van der Waals surface area contributed by atoms with Gasteiger partial charge >= 0.3 is 0 Å². The standard InChI is InChI=1S/C18H21IO3S/c1-3-22-9-17(20)12-4-5-13-11(2)19-18(21)16-10-23-7-6-14(16)15(13)8-12/h4-5,8,13,15H,3,6-7,9-10H2,1-2H3. The van der Waals surface area contributed by atoms with E-state index in [-0.39, 0.29) is 18.3 Å². The number of Topliss-reactive ketones (excluding diaryl/α,β-unsaturated/α-hetero) is 1. The monoisotopic (exact) mass is 444 g/mol. The maximum atomic E-state index is 12.6. The van der Waals surface area contributed by atoms with Crippen LogP contribution in [-0.4, -0.2) is 37.8 Å². The molecule has 2 heterocycles. The summed E-state index contributed by atoms with van der Waals surface area (Å²) in [6.07, 6.45) is 7.15. The zero-order chi connectivity index (χ0) is 16.4. The molecule has 0 bridgehead atoms. The van der Waals surface area contributed by atoms with Crippen LogP contribution < -0.4 is 0 Å². The fourth-order valence-electron chi connectivity index (χ4n) is 3.25. The van der Waals surface area contributed by atoms with E-state index in [2.05, 4.69) is 19.1 Å². The van der Waals surface area contributed by atoms with Crippen molar-refractivity contribution < 1.29 is 14.3 Å². The van der Waals surface area contributed by atoms with Crippen molar-refractivity contribution in [2.45, 2.75) is 20.3 Å². The summed E-state index contributed by atoms with van der Waals surface area (Å²) in [5, 5.41) is 0. The molecule has 0 aromatic carbocycles. The van der Waals surface area contributed by atoms with E-state index >= 15 is 0 Å². The average molecular weight is 444 g/mol. The number of halogens is 1. The molecule has 23 heavy (non-hydrogen) atoms. The fourth-order valence-corrected chi connectivity index (χ4v) is 7.13. The van der Waals surface area contributed by atoms with Gasteiger partial charge in [-0.1, -0.05) is 23.8 Å². The van der Waals surface area contributed by atoms with E-state index in [1.165, 1.54) is 9.08 Å². The van der Waals surface area contributed by atoms with Gasteiger partial charge in [-0.2, -0.15) is 11.8 Å². The maximum Gasteiger partial charge on any atom is 0.213 e. The van der Waals surface area contributed by atoms with Gasteiger partial charge in [0.05, 0.1) is 0 Å². The van der Waals surface area contributed by atoms with Gasteiger partial charge in [0.25, 0.3) is 0 Å². The van der Waals surface area contributed by atoms with Crippen LogP contribution in [0.4, 0.5) is 0 Å². The number of allylic oxidation sites excluding steroid dienone is 4. The first-order chi connectivity index (χ1) is 11.1. The van der Waals surface area contributed by atoms with Gasteiger partial charge in [-0.15, -0.1) is 0 Å². The fraction of sp³-hybridized carbons (Fsp3) is 0.500. The smallest absolute Gasteiger partial charge is 0.213 e. The molecule has 3 nitrogen and oxygen atoms in total. The molecular weight excluding hydrogens is 423 g/mol. The lowest BCUT2D eigenvalue weighted by Crippen LogP contribution is -2.25. The van der Waals surface area contributed by atoms with Crippen LogP contribution in [0.25, 0.3) is 0 Å². The Morgan fingerprint density at radius 1 is 1.43 bits per heavy atom. The molecule has 0 spiro atoms. The number of fused-ring (bicyclic) bond motifs is 2. The van der Waals surface area contributed by atoms with Crippen LogP contribution in [0.1, 0.15) is 20.3 Å². The van der Waals surface area contributed by atoms with Crippen LogP contribution in [0, 0.1) is 11.8 Å². The molecule has 2 unspecified atom stereocenters. The zero-order valence-corrected chi connectivity index (χ0v) is 16.4. The first kappa shape index (κ1) is 17.3. The van der Waals surface area contributed by atoms with Crippen molar-refractivity contribution in [2.24, 2.45) is 11.8 Å². The molecule has 3 rings (SSSR count). The molecule has 0 saturated heterocycles. The van der Waals surface area contributed by atoms with Gasteiger partial charge in [0.15, 0.2) is 5.78 Å². The van der Waals surface area contributed by atoms with Crippen LogP contribution in [0.15, 0.2) is 34.9 Å². The molecule has 1 aliphatic carbocycles. The van der Waals surface area contributed by atoms with Crippen molar-refractivity contribution in [3.63, 3.8) is 0 Å². The van der Waals surface area contributed by atoms with Crippen molar-refractivity contribution in [1.82, 2.24) is 0 Å². The molecule has 124 valence electrons. The van der Waals surface area contributed by atoms with E-state index in [4.69, 9.17) is 4.74 Å². The highest BCUT2D eigenvalue weighted by Crippen LogP contribution is 2.42. The number of carbonyl (C=O) groups excluding carboxylic acids is 2. The lowest BCUT2D eigenvalue weighted by atomic mass is 9.76. The molecule has 0 N–H and O–H groups in total. The summed E-state index contributed by atoms with van der Waals surface area (Å²) in [6.45, 7) is 4.71. The largest absolute Gasteiger partial charge is 0.374 e. The topological polar surface area (TPSA) is 43.4 Å². The zero-order valence-electron chi connectivity index (χ0n) is 13.4. The number of carbonyl (C=O) groups is 2. The predicted octanol–water partition coefficient (Wildman–Crippen LogP) is 3.46. The third-order valence-corrected chi connectivity index (χ3v) is 8.17. The normalized spacial score (nSPS) is 27.3. The number of thioether (sulfide) groups is 1. The Labute approximate surface area is 151 Å². The Bertz CT molecular complexity index is 657. The molecule has 3 aliphatic rings. The summed E-state index contributed by atoms with van der Waals surface area (Å²) in [4.78, 5) is 24.9. The van der Waals surface area contributed by atoms with E-state index in [0.29, 0.717) is 16.3 Å². The first-order valence-electron chi connectivity index (χ1n) is 7.95. The van der Waals surface area contributed by atoms with Crippen LogP contribution in [0.3, 0.4) is 0 Å². The van der Waals surface area contributed by atoms with Gasteiger partial charge in [-0.25, -0.2) is 0 Å². The average Bonchev–Trinajstić information content (AvgIpc) is 2.68. The maximum absolute atomic E-state index is 12.6. The van der Waals surface area contributed by atoms with Crippen molar-refractivity contribution in [3.05, 3.63) is 34.9 Å². The molecular formula is C18H21IO3S. The van der Waals surface area contributed by atoms with Crippen LogP contribution >= 0.6 is 32.5 Å². The summed E-state index contributed by atoms with van der Waals surface area (Å²) < 4.78 is 6.97. The second kappa shape index (κ2) is 7.57. The Kier molecular flexibility index (Phi) is 5.69. The van der Waals surface area contributed by atoms with E-state index in [1.54, 1.807) is 0 Å². The summed E-state index contributed by atoms with van der Waals surface area (Å²) in [5.74, 6) is 2.46. The highest BCUT2D eigenvalue weighted by Gasteiger charge is 2.34. The lowest BCUT2D eigenvalue weighted by Gasteiger charge is -2.30. The van der Waals surface area contributed by atoms with Crippen LogP contribution in [0.5, 0.6) is 0 Å². The number of ketones is 1. The Hall–Kier alpha value is -0.530. The highest BCUT2D eigenvalue weighted by molar-refractivity contribution is 14.2. The number of hydrogen-bond acceptors (Lipinski definition) is 4. The molecule has 2 atom stereocenters. The predicted molar refractivity (Wildman–Crippen MR) is 104 cm³/mol. The minimum Gasteiger partial charge on any atom is -0.374 e. The van der Waals surface area contributed by atoms with E-state index in [1.807, 2.05) is 24.8 Å². The Morgan fingerprint density at radius 2 is 2.26 bits per heavy atom. The number of ether oxygens (including phenoxy) is 1. The minimum atomic E-state index is -0.554. The minimum absolute atomic E-state index is 0.0387. The molecule has 0 aromatic heterocycles. The van der Waals surface area contributed by atoms with E-state index < -0.39 is 20.7 Å². The third-order valence-electron chi connectivity index (χ3n) is 4.47. The Morgan fingerprint density at radius 3 is 3.04 bits per heavy atom. The Balaban J connectivity index is 1.97. The molecule has 0 amide bonds. The molecule has 2 aliphatic heterocycles. The summed E-state index contributed by atoms with van der Waals surface area (Å²) in [5.41, 5.74) is 3.09. The number of rotatable bonds is 4. The second-order valence-corrected chi connectivity index (χ2v) is 10.2. The molecule has 0 saturated carbocycles. The van der Waals surface area contributed by atoms with Crippen LogP contribution in [0.2, 0.25) is 0 Å². The molecule has 5 heteroatoms. The van der Waals surface area contributed by atoms with Gasteiger partial charge in [0, 0.05) is 35.3 Å². The van der Waals surface area contributed by atoms with Gasteiger partial charge in [0.2, 0.25) is 3.79 Å². The molecule has 0 aromatic rings. The molecule has 0 fully saturated rings. The second-order valence-electron chi connectivity index (χ2n) is 5.85. The van der Waals surface area contributed by atoms with Crippen molar-refractivity contribution in [2.75, 3.05) is 24.7 Å². The van der Waals surface area contributed by atoms with Crippen molar-refractivity contribution in [1.29, 1.82) is 0 Å². The van der Waals surface area contributed by atoms with Crippen molar-refractivity contribution >= 4 is 45.6 Å². The highest BCUT2D eigenvalue weighted by atomic mass is 127. The molecule has 0 radical (unpaired) electrons. The van der Waals surface area contributed by atoms with Gasteiger partial charge in [0.1, 0.15) is 6.61 Å². The van der Waals surface area contributed by atoms with Crippen LogP contribution in [-0.2, 0) is 14.3 Å². The quantitative estimate of drug-likeness (QED) is 0.492. The summed E-state index contributed by atoms with van der Waals surface area (Å²) in [7, 11) is 0.